The summed E-state index contributed by atoms with van der Waals surface area (Å²) in [5.41, 5.74) is 2.33. The van der Waals surface area contributed by atoms with Crippen molar-refractivity contribution < 1.29 is 13.5 Å². The van der Waals surface area contributed by atoms with Gasteiger partial charge in [0.25, 0.3) is 0 Å². The van der Waals surface area contributed by atoms with Crippen LogP contribution in [0.15, 0.2) is 51.7 Å². The first-order chi connectivity index (χ1) is 11.1. The maximum atomic E-state index is 13.7. The highest BCUT2D eigenvalue weighted by atomic mass is 19.1. The summed E-state index contributed by atoms with van der Waals surface area (Å²) in [4.78, 5) is 11.7. The van der Waals surface area contributed by atoms with E-state index in [-0.39, 0.29) is 18.0 Å². The molecule has 0 saturated carbocycles. The highest BCUT2D eigenvalue weighted by Gasteiger charge is 2.12. The van der Waals surface area contributed by atoms with Gasteiger partial charge in [0, 0.05) is 22.6 Å². The van der Waals surface area contributed by atoms with E-state index in [1.165, 1.54) is 12.1 Å². The van der Waals surface area contributed by atoms with Crippen LogP contribution in [0.4, 0.5) is 4.39 Å². The van der Waals surface area contributed by atoms with Crippen molar-refractivity contribution in [3.63, 3.8) is 0 Å². The highest BCUT2D eigenvalue weighted by molar-refractivity contribution is 5.84. The third-order valence-electron chi connectivity index (χ3n) is 3.92. The predicted octanol–water partition coefficient (Wildman–Crippen LogP) is 4.38. The summed E-state index contributed by atoms with van der Waals surface area (Å²) >= 11 is 0. The van der Waals surface area contributed by atoms with E-state index in [9.17, 15) is 9.18 Å². The fourth-order valence-electron chi connectivity index (χ4n) is 2.63. The van der Waals surface area contributed by atoms with E-state index in [4.69, 9.17) is 9.15 Å². The molecule has 118 valence electrons. The lowest BCUT2D eigenvalue weighted by Gasteiger charge is -2.12. The SMILES string of the molecule is CCc1cc(=O)oc2c(C)c(OCc3ccccc3F)ccc12. The molecule has 0 radical (unpaired) electrons. The number of ether oxygens (including phenoxy) is 1. The van der Waals surface area contributed by atoms with E-state index >= 15 is 0 Å². The minimum absolute atomic E-state index is 0.122. The molecule has 0 fully saturated rings. The van der Waals surface area contributed by atoms with Crippen LogP contribution >= 0.6 is 0 Å². The number of benzene rings is 2. The molecule has 0 aliphatic heterocycles. The molecule has 3 nitrogen and oxygen atoms in total. The number of hydrogen-bond donors (Lipinski definition) is 0. The fourth-order valence-corrected chi connectivity index (χ4v) is 2.63. The van der Waals surface area contributed by atoms with Gasteiger partial charge in [-0.3, -0.25) is 0 Å². The second-order valence-electron chi connectivity index (χ2n) is 5.39. The van der Waals surface area contributed by atoms with Gasteiger partial charge in [0.15, 0.2) is 0 Å². The van der Waals surface area contributed by atoms with E-state index in [0.717, 1.165) is 22.9 Å². The van der Waals surface area contributed by atoms with Crippen molar-refractivity contribution in [3.05, 3.63) is 75.4 Å². The lowest BCUT2D eigenvalue weighted by Crippen LogP contribution is -2.03. The summed E-state index contributed by atoms with van der Waals surface area (Å²) < 4.78 is 24.7. The van der Waals surface area contributed by atoms with Crippen molar-refractivity contribution >= 4 is 11.0 Å². The number of rotatable bonds is 4. The number of halogens is 1. The Kier molecular flexibility index (Phi) is 4.15. The maximum absolute atomic E-state index is 13.7. The predicted molar refractivity (Wildman–Crippen MR) is 87.3 cm³/mol. The van der Waals surface area contributed by atoms with Crippen LogP contribution < -0.4 is 10.4 Å². The summed E-state index contributed by atoms with van der Waals surface area (Å²) in [6.45, 7) is 3.95. The normalized spacial score (nSPS) is 10.9. The lowest BCUT2D eigenvalue weighted by atomic mass is 10.0. The monoisotopic (exact) mass is 312 g/mol. The summed E-state index contributed by atoms with van der Waals surface area (Å²) in [7, 11) is 0. The van der Waals surface area contributed by atoms with Gasteiger partial charge in [-0.25, -0.2) is 9.18 Å². The van der Waals surface area contributed by atoms with E-state index in [2.05, 4.69) is 0 Å². The molecule has 3 aromatic rings. The van der Waals surface area contributed by atoms with Crippen molar-refractivity contribution in [3.8, 4) is 5.75 Å². The average Bonchev–Trinajstić information content (AvgIpc) is 2.55. The van der Waals surface area contributed by atoms with Gasteiger partial charge in [0.1, 0.15) is 23.8 Å². The van der Waals surface area contributed by atoms with Gasteiger partial charge in [0.05, 0.1) is 0 Å². The van der Waals surface area contributed by atoms with Gasteiger partial charge in [-0.2, -0.15) is 0 Å². The molecular formula is C19H17FO3. The van der Waals surface area contributed by atoms with Crippen molar-refractivity contribution in [2.24, 2.45) is 0 Å². The molecule has 0 atom stereocenters. The van der Waals surface area contributed by atoms with Crippen LogP contribution in [0.3, 0.4) is 0 Å². The molecule has 0 aliphatic rings. The molecule has 0 unspecified atom stereocenters. The van der Waals surface area contributed by atoms with Crippen LogP contribution in [0.5, 0.6) is 5.75 Å². The molecule has 23 heavy (non-hydrogen) atoms. The number of hydrogen-bond acceptors (Lipinski definition) is 3. The summed E-state index contributed by atoms with van der Waals surface area (Å²) in [5, 5.41) is 0.905. The molecule has 0 spiro atoms. The smallest absolute Gasteiger partial charge is 0.336 e. The first-order valence-corrected chi connectivity index (χ1v) is 7.52. The molecule has 0 aliphatic carbocycles. The van der Waals surface area contributed by atoms with Gasteiger partial charge in [-0.15, -0.1) is 0 Å². The van der Waals surface area contributed by atoms with Crippen molar-refractivity contribution in [2.75, 3.05) is 0 Å². The summed E-state index contributed by atoms with van der Waals surface area (Å²) in [6.07, 6.45) is 0.747. The van der Waals surface area contributed by atoms with Crippen LogP contribution in [-0.4, -0.2) is 0 Å². The molecule has 1 aromatic heterocycles. The van der Waals surface area contributed by atoms with E-state index < -0.39 is 0 Å². The third-order valence-corrected chi connectivity index (χ3v) is 3.92. The molecule has 0 bridgehead atoms. The van der Waals surface area contributed by atoms with Crippen molar-refractivity contribution in [1.82, 2.24) is 0 Å². The zero-order valence-corrected chi connectivity index (χ0v) is 13.1. The Morgan fingerprint density at radius 2 is 1.91 bits per heavy atom. The standard InChI is InChI=1S/C19H17FO3/c1-3-13-10-18(21)23-19-12(2)17(9-8-15(13)19)22-11-14-6-4-5-7-16(14)20/h4-10H,3,11H2,1-2H3. The minimum Gasteiger partial charge on any atom is -0.488 e. The van der Waals surface area contributed by atoms with Crippen LogP contribution in [0, 0.1) is 12.7 Å². The summed E-state index contributed by atoms with van der Waals surface area (Å²) in [5.74, 6) is 0.280. The Morgan fingerprint density at radius 1 is 1.13 bits per heavy atom. The van der Waals surface area contributed by atoms with Crippen LogP contribution in [0.2, 0.25) is 0 Å². The largest absolute Gasteiger partial charge is 0.488 e. The molecule has 3 rings (SSSR count). The van der Waals surface area contributed by atoms with Gasteiger partial charge < -0.3 is 9.15 Å². The minimum atomic E-state index is -0.372. The first kappa shape index (κ1) is 15.3. The number of fused-ring (bicyclic) bond motifs is 1. The average molecular weight is 312 g/mol. The first-order valence-electron chi connectivity index (χ1n) is 7.52. The summed E-state index contributed by atoms with van der Waals surface area (Å²) in [6, 6.07) is 11.7. The Labute approximate surface area is 133 Å². The Bertz CT molecular complexity index is 912. The van der Waals surface area contributed by atoms with Gasteiger partial charge in [0.2, 0.25) is 0 Å². The van der Waals surface area contributed by atoms with Gasteiger partial charge >= 0.3 is 5.63 Å². The number of aryl methyl sites for hydroxylation is 2. The Balaban J connectivity index is 1.98. The quantitative estimate of drug-likeness (QED) is 0.671. The second kappa shape index (κ2) is 6.24. The van der Waals surface area contributed by atoms with E-state index in [0.29, 0.717) is 16.9 Å². The van der Waals surface area contributed by atoms with Crippen LogP contribution in [0.25, 0.3) is 11.0 Å². The van der Waals surface area contributed by atoms with Crippen LogP contribution in [-0.2, 0) is 13.0 Å². The second-order valence-corrected chi connectivity index (χ2v) is 5.39. The molecule has 4 heteroatoms. The van der Waals surface area contributed by atoms with E-state index in [1.807, 2.05) is 26.0 Å². The third kappa shape index (κ3) is 2.97. The maximum Gasteiger partial charge on any atom is 0.336 e. The molecule has 1 heterocycles. The van der Waals surface area contributed by atoms with Gasteiger partial charge in [-0.1, -0.05) is 25.1 Å². The molecule has 2 aromatic carbocycles. The van der Waals surface area contributed by atoms with Crippen molar-refractivity contribution in [1.29, 1.82) is 0 Å². The van der Waals surface area contributed by atoms with Crippen molar-refractivity contribution in [2.45, 2.75) is 26.9 Å². The Hall–Kier alpha value is -2.62. The molecule has 0 saturated heterocycles. The molecular weight excluding hydrogens is 295 g/mol. The Morgan fingerprint density at radius 3 is 2.65 bits per heavy atom. The molecule has 0 amide bonds. The highest BCUT2D eigenvalue weighted by Crippen LogP contribution is 2.29. The zero-order valence-electron chi connectivity index (χ0n) is 13.1. The van der Waals surface area contributed by atoms with E-state index in [1.54, 1.807) is 18.2 Å². The lowest BCUT2D eigenvalue weighted by molar-refractivity contribution is 0.297. The molecule has 0 N–H and O–H groups in total. The topological polar surface area (TPSA) is 39.4 Å². The zero-order chi connectivity index (χ0) is 16.4. The van der Waals surface area contributed by atoms with Crippen LogP contribution in [0.1, 0.15) is 23.6 Å². The fraction of sp³-hybridized carbons (Fsp3) is 0.211. The van der Waals surface area contributed by atoms with Gasteiger partial charge in [-0.05, 0) is 37.1 Å².